The Labute approximate surface area is 352 Å². The third-order valence-corrected chi connectivity index (χ3v) is 12.8. The summed E-state index contributed by atoms with van der Waals surface area (Å²) in [6.07, 6.45) is 33.7. The first kappa shape index (κ1) is 45.1. The van der Waals surface area contributed by atoms with Crippen molar-refractivity contribution in [2.45, 2.75) is 104 Å². The summed E-state index contributed by atoms with van der Waals surface area (Å²) in [5, 5.41) is 36.3. The van der Waals surface area contributed by atoms with Crippen LogP contribution in [-0.2, 0) is 9.47 Å². The second-order valence-electron chi connectivity index (χ2n) is 16.6. The molecule has 4 bridgehead atoms. The Hall–Kier alpha value is -4.00. The lowest BCUT2D eigenvalue weighted by Gasteiger charge is -2.36. The van der Waals surface area contributed by atoms with E-state index in [1.807, 2.05) is 76.3 Å². The van der Waals surface area contributed by atoms with Crippen molar-refractivity contribution in [2.24, 2.45) is 34.5 Å². The molecule has 0 radical (unpaired) electrons. The van der Waals surface area contributed by atoms with Gasteiger partial charge in [-0.05, 0) is 61.5 Å². The van der Waals surface area contributed by atoms with Crippen LogP contribution in [-0.4, -0.2) is 68.2 Å². The van der Waals surface area contributed by atoms with Crippen molar-refractivity contribution in [3.05, 3.63) is 117 Å². The molecule has 2 aliphatic carbocycles. The van der Waals surface area contributed by atoms with Gasteiger partial charge in [0.05, 0.1) is 12.2 Å². The third kappa shape index (κ3) is 13.0. The number of aromatic nitrogens is 2. The minimum absolute atomic E-state index is 0.0152. The van der Waals surface area contributed by atoms with Gasteiger partial charge in [0, 0.05) is 41.0 Å². The highest BCUT2D eigenvalue weighted by molar-refractivity contribution is 7.11. The van der Waals surface area contributed by atoms with Gasteiger partial charge in [0.25, 0.3) is 0 Å². The summed E-state index contributed by atoms with van der Waals surface area (Å²) in [7, 11) is 0. The van der Waals surface area contributed by atoms with Crippen LogP contribution >= 0.6 is 22.7 Å². The van der Waals surface area contributed by atoms with Crippen molar-refractivity contribution < 1.29 is 34.4 Å². The Balaban J connectivity index is 1.35. The van der Waals surface area contributed by atoms with Crippen LogP contribution in [0.5, 0.6) is 0 Å². The molecule has 2 saturated carbocycles. The summed E-state index contributed by atoms with van der Waals surface area (Å²) in [5.41, 5.74) is -1.10. The first-order valence-electron chi connectivity index (χ1n) is 20.5. The number of carbonyl (C=O) groups is 2. The fraction of sp³-hybridized carbons (Fsp3) is 0.489. The molecular weight excluding hydrogens is 769 g/mol. The quantitative estimate of drug-likeness (QED) is 0.158. The van der Waals surface area contributed by atoms with Crippen LogP contribution in [0.1, 0.15) is 111 Å². The number of carbonyl (C=O) groups excluding carboxylic acids is 2. The standard InChI is InChI=1S/C47H60N2O7S2/c1-6-7-8-21-38(51)46(2,3)40-23-15-19-34-28-32(34)17-9-12-26-43-49-37(31-58-43)45(54)56-41(47(4,5)39(52)22-13-14-27-50)24-16-20-35-29-33(35)18-10-11-25-42-48-36(30-57-42)44(53)55-40/h8-13,15-22,25-26,30-35,38-41,50-52H,6-7,14,23-24,27-29H2,1-5H3/b17-9+,18-10+,19-15-,20-16-,21-8+,22-13+,25-11-,26-12-/t32-,33-,34+,35+,38+,39+,40+,41+/m1/s1. The molecule has 11 heteroatoms. The molecule has 0 saturated heterocycles. The Morgan fingerprint density at radius 2 is 1.14 bits per heavy atom. The SMILES string of the molecule is CCC/C=C/[C@H](O)C(C)(C)[C@@H]1C/C=C\[C@H]2C[C@H]2/C=C/C=C\c2nc(cs2)C(=O)O[C@H](C(C)(C)[C@@H](O)/C=C/CCO)C/C=C\[C@H]2C[C@H]2/C=C/C=C\c2nc(cs2)C(=O)O1. The second-order valence-corrected chi connectivity index (χ2v) is 18.3. The highest BCUT2D eigenvalue weighted by Crippen LogP contribution is 2.42. The lowest BCUT2D eigenvalue weighted by Crippen LogP contribution is -2.42. The Bertz CT molecular complexity index is 1770. The predicted molar refractivity (Wildman–Crippen MR) is 234 cm³/mol. The van der Waals surface area contributed by atoms with Gasteiger partial charge in [-0.3, -0.25) is 0 Å². The van der Waals surface area contributed by atoms with Gasteiger partial charge in [-0.1, -0.05) is 126 Å². The molecule has 0 amide bonds. The van der Waals surface area contributed by atoms with Gasteiger partial charge in [0.15, 0.2) is 11.4 Å². The first-order valence-corrected chi connectivity index (χ1v) is 22.3. The molecule has 2 aromatic rings. The smallest absolute Gasteiger partial charge is 0.358 e. The van der Waals surface area contributed by atoms with E-state index in [2.05, 4.69) is 47.3 Å². The minimum Gasteiger partial charge on any atom is -0.457 e. The van der Waals surface area contributed by atoms with E-state index in [0.29, 0.717) is 52.9 Å². The molecule has 9 nitrogen and oxygen atoms in total. The van der Waals surface area contributed by atoms with E-state index in [9.17, 15) is 24.9 Å². The summed E-state index contributed by atoms with van der Waals surface area (Å²) in [6, 6.07) is 0. The van der Waals surface area contributed by atoms with E-state index < -0.39 is 47.2 Å². The maximum absolute atomic E-state index is 13.4. The highest BCUT2D eigenvalue weighted by atomic mass is 32.1. The van der Waals surface area contributed by atoms with E-state index in [1.165, 1.54) is 22.7 Å². The monoisotopic (exact) mass is 828 g/mol. The molecule has 3 N–H and O–H groups in total. The molecule has 8 atom stereocenters. The molecule has 58 heavy (non-hydrogen) atoms. The molecule has 5 rings (SSSR count). The van der Waals surface area contributed by atoms with E-state index >= 15 is 0 Å². The van der Waals surface area contributed by atoms with Gasteiger partial charge < -0.3 is 24.8 Å². The van der Waals surface area contributed by atoms with Crippen LogP contribution in [0, 0.1) is 34.5 Å². The molecule has 0 spiro atoms. The van der Waals surface area contributed by atoms with Gasteiger partial charge in [0.2, 0.25) is 0 Å². The van der Waals surface area contributed by atoms with E-state index in [0.717, 1.165) is 25.7 Å². The van der Waals surface area contributed by atoms with Crippen LogP contribution in [0.15, 0.2) is 95.8 Å². The number of hydrogen-bond acceptors (Lipinski definition) is 11. The molecule has 1 aliphatic heterocycles. The highest BCUT2D eigenvalue weighted by Gasteiger charge is 2.40. The number of aliphatic hydroxyl groups excluding tert-OH is 3. The summed E-state index contributed by atoms with van der Waals surface area (Å²) in [4.78, 5) is 35.9. The van der Waals surface area contributed by atoms with Crippen LogP contribution < -0.4 is 0 Å². The minimum atomic E-state index is -0.904. The molecule has 0 aromatic carbocycles. The first-order chi connectivity index (χ1) is 27.8. The lowest BCUT2D eigenvalue weighted by molar-refractivity contribution is -0.0461. The number of nitrogens with zero attached hydrogens (tertiary/aromatic N) is 2. The fourth-order valence-corrected chi connectivity index (χ4v) is 8.05. The lowest BCUT2D eigenvalue weighted by atomic mass is 9.78. The number of ether oxygens (including phenoxy) is 2. The molecule has 3 aliphatic rings. The zero-order valence-electron chi connectivity index (χ0n) is 34.4. The van der Waals surface area contributed by atoms with Crippen LogP contribution in [0.25, 0.3) is 12.2 Å². The topological polar surface area (TPSA) is 139 Å². The number of aliphatic hydroxyl groups is 3. The van der Waals surface area contributed by atoms with Gasteiger partial charge in [0.1, 0.15) is 22.2 Å². The maximum atomic E-state index is 13.4. The number of allylic oxidation sites excluding steroid dienone is 9. The van der Waals surface area contributed by atoms with E-state index in [1.54, 1.807) is 29.0 Å². The molecular formula is C47H60N2O7S2. The van der Waals surface area contributed by atoms with Crippen molar-refractivity contribution in [3.8, 4) is 0 Å². The molecule has 2 aromatic heterocycles. The molecule has 312 valence electrons. The largest absolute Gasteiger partial charge is 0.457 e. The molecule has 2 fully saturated rings. The van der Waals surface area contributed by atoms with Crippen molar-refractivity contribution in [1.82, 2.24) is 9.97 Å². The summed E-state index contributed by atoms with van der Waals surface area (Å²) in [5.74, 6) is 0.419. The number of hydrogen-bond donors (Lipinski definition) is 3. The third-order valence-electron chi connectivity index (χ3n) is 11.2. The zero-order chi connectivity index (χ0) is 41.7. The van der Waals surface area contributed by atoms with Crippen LogP contribution in [0.3, 0.4) is 0 Å². The number of esters is 2. The van der Waals surface area contributed by atoms with Crippen molar-refractivity contribution in [3.63, 3.8) is 0 Å². The van der Waals surface area contributed by atoms with Gasteiger partial charge in [-0.25, -0.2) is 19.6 Å². The van der Waals surface area contributed by atoms with Crippen molar-refractivity contribution in [1.29, 1.82) is 0 Å². The number of rotatable bonds is 10. The average Bonchev–Trinajstić information content (AvgIpc) is 3.99. The van der Waals surface area contributed by atoms with Gasteiger partial charge in [-0.2, -0.15) is 0 Å². The molecule has 3 heterocycles. The number of fused-ring (bicyclic) bond motifs is 6. The van der Waals surface area contributed by atoms with Crippen LogP contribution in [0.4, 0.5) is 0 Å². The number of cyclic esters (lactones) is 2. The van der Waals surface area contributed by atoms with Crippen molar-refractivity contribution >= 4 is 46.8 Å². The van der Waals surface area contributed by atoms with Gasteiger partial charge >= 0.3 is 11.9 Å². The fourth-order valence-electron chi connectivity index (χ4n) is 6.67. The van der Waals surface area contributed by atoms with Crippen molar-refractivity contribution in [2.75, 3.05) is 6.61 Å². The summed E-state index contributed by atoms with van der Waals surface area (Å²) >= 11 is 2.73. The van der Waals surface area contributed by atoms with Gasteiger partial charge in [-0.15, -0.1) is 22.7 Å². The second kappa shape index (κ2) is 21.3. The van der Waals surface area contributed by atoms with E-state index in [-0.39, 0.29) is 18.0 Å². The number of unbranched alkanes of at least 4 members (excludes halogenated alkanes) is 1. The van der Waals surface area contributed by atoms with Crippen LogP contribution in [0.2, 0.25) is 0 Å². The zero-order valence-corrected chi connectivity index (χ0v) is 36.0. The predicted octanol–water partition coefficient (Wildman–Crippen LogP) is 9.74. The Morgan fingerprint density at radius 3 is 1.57 bits per heavy atom. The Kier molecular flexibility index (Phi) is 16.6. The summed E-state index contributed by atoms with van der Waals surface area (Å²) < 4.78 is 12.2. The average molecular weight is 829 g/mol. The Morgan fingerprint density at radius 1 is 0.707 bits per heavy atom. The van der Waals surface area contributed by atoms with E-state index in [4.69, 9.17) is 9.47 Å². The normalized spacial score (nSPS) is 29.2. The summed E-state index contributed by atoms with van der Waals surface area (Å²) in [6.45, 7) is 9.69. The maximum Gasteiger partial charge on any atom is 0.358 e. The number of thiazole rings is 2. The molecule has 0 unspecified atom stereocenters.